The van der Waals surface area contributed by atoms with Crippen molar-refractivity contribution in [1.29, 1.82) is 0 Å². The van der Waals surface area contributed by atoms with Gasteiger partial charge in [0.1, 0.15) is 5.82 Å². The lowest BCUT2D eigenvalue weighted by Crippen LogP contribution is -2.21. The second kappa shape index (κ2) is 5.90. The summed E-state index contributed by atoms with van der Waals surface area (Å²) < 4.78 is 50.7. The van der Waals surface area contributed by atoms with Crippen LogP contribution in [0.1, 0.15) is 36.8 Å². The Labute approximate surface area is 110 Å². The zero-order valence-electron chi connectivity index (χ0n) is 10.6. The number of rotatable bonds is 5. The summed E-state index contributed by atoms with van der Waals surface area (Å²) in [7, 11) is 0. The van der Waals surface area contributed by atoms with Crippen molar-refractivity contribution in [2.75, 3.05) is 6.54 Å². The predicted molar refractivity (Wildman–Crippen MR) is 65.1 cm³/mol. The summed E-state index contributed by atoms with van der Waals surface area (Å²) in [5, 5.41) is 3.07. The van der Waals surface area contributed by atoms with Crippen LogP contribution < -0.4 is 5.32 Å². The van der Waals surface area contributed by atoms with Crippen molar-refractivity contribution in [3.05, 3.63) is 35.1 Å². The van der Waals surface area contributed by atoms with Crippen molar-refractivity contribution >= 4 is 0 Å². The second-order valence-electron chi connectivity index (χ2n) is 5.11. The minimum absolute atomic E-state index is 0.271. The van der Waals surface area contributed by atoms with E-state index in [1.807, 2.05) is 0 Å². The van der Waals surface area contributed by atoms with Crippen molar-refractivity contribution in [3.8, 4) is 0 Å². The van der Waals surface area contributed by atoms with Gasteiger partial charge in [-0.2, -0.15) is 13.2 Å². The molecule has 106 valence electrons. The second-order valence-corrected chi connectivity index (χ2v) is 5.11. The molecule has 1 aromatic carbocycles. The Hall–Kier alpha value is -1.10. The number of hydrogen-bond acceptors (Lipinski definition) is 1. The van der Waals surface area contributed by atoms with E-state index in [-0.39, 0.29) is 6.54 Å². The summed E-state index contributed by atoms with van der Waals surface area (Å²) in [6.45, 7) is 1.04. The van der Waals surface area contributed by atoms with E-state index in [4.69, 9.17) is 0 Å². The monoisotopic (exact) mass is 275 g/mol. The fraction of sp³-hybridized carbons (Fsp3) is 0.571. The highest BCUT2D eigenvalue weighted by atomic mass is 19.4. The summed E-state index contributed by atoms with van der Waals surface area (Å²) in [4.78, 5) is 0. The SMILES string of the molecule is Fc1cc(CNCCC2CCC2)cc(C(F)(F)F)c1. The van der Waals surface area contributed by atoms with E-state index >= 15 is 0 Å². The van der Waals surface area contributed by atoms with Crippen molar-refractivity contribution < 1.29 is 17.6 Å². The number of halogens is 4. The van der Waals surface area contributed by atoms with Crippen LogP contribution in [0.3, 0.4) is 0 Å². The van der Waals surface area contributed by atoms with Gasteiger partial charge in [-0.15, -0.1) is 0 Å². The molecule has 0 aliphatic heterocycles. The molecule has 2 rings (SSSR count). The van der Waals surface area contributed by atoms with E-state index in [9.17, 15) is 17.6 Å². The maximum absolute atomic E-state index is 13.1. The minimum atomic E-state index is -4.50. The molecule has 0 amide bonds. The number of nitrogens with one attached hydrogen (secondary N) is 1. The van der Waals surface area contributed by atoms with E-state index < -0.39 is 17.6 Å². The molecular weight excluding hydrogens is 258 g/mol. The maximum atomic E-state index is 13.1. The van der Waals surface area contributed by atoms with Crippen LogP contribution in [0.4, 0.5) is 17.6 Å². The first-order valence-corrected chi connectivity index (χ1v) is 6.52. The fourth-order valence-electron chi connectivity index (χ4n) is 2.24. The third kappa shape index (κ3) is 4.20. The average molecular weight is 275 g/mol. The van der Waals surface area contributed by atoms with E-state index in [0.29, 0.717) is 11.6 Å². The van der Waals surface area contributed by atoms with Crippen LogP contribution in [-0.2, 0) is 12.7 Å². The fourth-order valence-corrected chi connectivity index (χ4v) is 2.24. The molecule has 1 aliphatic carbocycles. The van der Waals surface area contributed by atoms with Gasteiger partial charge in [-0.25, -0.2) is 4.39 Å². The van der Waals surface area contributed by atoms with Crippen molar-refractivity contribution in [2.24, 2.45) is 5.92 Å². The smallest absolute Gasteiger partial charge is 0.313 e. The van der Waals surface area contributed by atoms with E-state index in [1.54, 1.807) is 0 Å². The Kier molecular flexibility index (Phi) is 4.45. The zero-order chi connectivity index (χ0) is 13.9. The molecule has 0 radical (unpaired) electrons. The van der Waals surface area contributed by atoms with Crippen LogP contribution in [-0.4, -0.2) is 6.54 Å². The van der Waals surface area contributed by atoms with Crippen LogP contribution >= 0.6 is 0 Å². The normalized spacial score (nSPS) is 16.4. The Bertz CT molecular complexity index is 424. The van der Waals surface area contributed by atoms with Gasteiger partial charge in [0.25, 0.3) is 0 Å². The van der Waals surface area contributed by atoms with Gasteiger partial charge in [0.2, 0.25) is 0 Å². The molecule has 1 aromatic rings. The first-order chi connectivity index (χ1) is 8.95. The van der Waals surface area contributed by atoms with Crippen molar-refractivity contribution in [2.45, 2.75) is 38.4 Å². The number of hydrogen-bond donors (Lipinski definition) is 1. The number of alkyl halides is 3. The Morgan fingerprint density at radius 2 is 1.89 bits per heavy atom. The quantitative estimate of drug-likeness (QED) is 0.629. The number of benzene rings is 1. The Balaban J connectivity index is 1.86. The van der Waals surface area contributed by atoms with Gasteiger partial charge in [-0.1, -0.05) is 19.3 Å². The third-order valence-corrected chi connectivity index (χ3v) is 3.57. The highest BCUT2D eigenvalue weighted by molar-refractivity contribution is 5.26. The summed E-state index contributed by atoms with van der Waals surface area (Å²) in [6.07, 6.45) is 0.327. The lowest BCUT2D eigenvalue weighted by atomic mass is 9.83. The molecule has 0 spiro atoms. The highest BCUT2D eigenvalue weighted by Crippen LogP contribution is 2.30. The first-order valence-electron chi connectivity index (χ1n) is 6.52. The molecule has 0 saturated heterocycles. The van der Waals surface area contributed by atoms with E-state index in [0.717, 1.165) is 31.0 Å². The van der Waals surface area contributed by atoms with E-state index in [1.165, 1.54) is 19.3 Å². The Morgan fingerprint density at radius 3 is 2.47 bits per heavy atom. The van der Waals surface area contributed by atoms with Gasteiger partial charge in [0.05, 0.1) is 5.56 Å². The van der Waals surface area contributed by atoms with Gasteiger partial charge < -0.3 is 5.32 Å². The molecule has 0 heterocycles. The van der Waals surface area contributed by atoms with Gasteiger partial charge in [0.15, 0.2) is 0 Å². The topological polar surface area (TPSA) is 12.0 Å². The van der Waals surface area contributed by atoms with Crippen molar-refractivity contribution in [3.63, 3.8) is 0 Å². The first kappa shape index (κ1) is 14.3. The lowest BCUT2D eigenvalue weighted by molar-refractivity contribution is -0.137. The molecule has 1 saturated carbocycles. The highest BCUT2D eigenvalue weighted by Gasteiger charge is 2.31. The van der Waals surface area contributed by atoms with Crippen LogP contribution in [0.25, 0.3) is 0 Å². The van der Waals surface area contributed by atoms with E-state index in [2.05, 4.69) is 5.32 Å². The van der Waals surface area contributed by atoms with Crippen LogP contribution in [0.15, 0.2) is 18.2 Å². The molecule has 0 unspecified atom stereocenters. The molecule has 0 bridgehead atoms. The maximum Gasteiger partial charge on any atom is 0.416 e. The van der Waals surface area contributed by atoms with Gasteiger partial charge in [-0.05, 0) is 42.6 Å². The van der Waals surface area contributed by atoms with Crippen molar-refractivity contribution in [1.82, 2.24) is 5.32 Å². The molecule has 1 fully saturated rings. The largest absolute Gasteiger partial charge is 0.416 e. The van der Waals surface area contributed by atoms with Gasteiger partial charge >= 0.3 is 6.18 Å². The summed E-state index contributed by atoms with van der Waals surface area (Å²) in [6, 6.07) is 2.67. The van der Waals surface area contributed by atoms with Crippen LogP contribution in [0.5, 0.6) is 0 Å². The van der Waals surface area contributed by atoms with Gasteiger partial charge in [0, 0.05) is 6.54 Å². The molecular formula is C14H17F4N. The van der Waals surface area contributed by atoms with Crippen LogP contribution in [0, 0.1) is 11.7 Å². The molecule has 1 nitrogen and oxygen atoms in total. The molecule has 5 heteroatoms. The standard InChI is InChI=1S/C14H17F4N/c15-13-7-11(6-12(8-13)14(16,17)18)9-19-5-4-10-2-1-3-10/h6-8,10,19H,1-5,9H2. The Morgan fingerprint density at radius 1 is 1.16 bits per heavy atom. The predicted octanol–water partition coefficient (Wildman–Crippen LogP) is 4.12. The van der Waals surface area contributed by atoms with Crippen LogP contribution in [0.2, 0.25) is 0 Å². The summed E-state index contributed by atoms with van der Waals surface area (Å²) in [5.41, 5.74) is -0.593. The zero-order valence-corrected chi connectivity index (χ0v) is 10.6. The summed E-state index contributed by atoms with van der Waals surface area (Å²) >= 11 is 0. The molecule has 19 heavy (non-hydrogen) atoms. The molecule has 1 aliphatic rings. The average Bonchev–Trinajstić information content (AvgIpc) is 2.24. The minimum Gasteiger partial charge on any atom is -0.313 e. The lowest BCUT2D eigenvalue weighted by Gasteiger charge is -2.25. The molecule has 0 aromatic heterocycles. The third-order valence-electron chi connectivity index (χ3n) is 3.57. The molecule has 0 atom stereocenters. The van der Waals surface area contributed by atoms with Gasteiger partial charge in [-0.3, -0.25) is 0 Å². The molecule has 1 N–H and O–H groups in total. The summed E-state index contributed by atoms with van der Waals surface area (Å²) in [5.74, 6) is -0.0867.